The maximum atomic E-state index is 13.0. The Balaban J connectivity index is 1.97. The van der Waals surface area contributed by atoms with Crippen molar-refractivity contribution in [1.29, 1.82) is 0 Å². The number of hydrogen-bond donors (Lipinski definition) is 3. The molecular formula is C19H19NO4. The summed E-state index contributed by atoms with van der Waals surface area (Å²) in [5.74, 6) is -2.05. The lowest BCUT2D eigenvalue weighted by Gasteiger charge is -2.28. The van der Waals surface area contributed by atoms with Gasteiger partial charge in [-0.15, -0.1) is 0 Å². The molecule has 2 aliphatic rings. The molecule has 124 valence electrons. The number of ketones is 1. The largest absolute Gasteiger partial charge is 0.454 e. The summed E-state index contributed by atoms with van der Waals surface area (Å²) >= 11 is 0. The predicted molar refractivity (Wildman–Crippen MR) is 89.3 cm³/mol. The molecule has 2 atom stereocenters. The van der Waals surface area contributed by atoms with Gasteiger partial charge in [0, 0.05) is 23.9 Å². The fourth-order valence-electron chi connectivity index (χ4n) is 3.69. The van der Waals surface area contributed by atoms with Gasteiger partial charge < -0.3 is 20.3 Å². The van der Waals surface area contributed by atoms with E-state index in [2.05, 4.69) is 5.32 Å². The van der Waals surface area contributed by atoms with Crippen LogP contribution >= 0.6 is 0 Å². The van der Waals surface area contributed by atoms with Gasteiger partial charge in [-0.1, -0.05) is 38.1 Å². The van der Waals surface area contributed by atoms with E-state index < -0.39 is 17.2 Å². The topological polar surface area (TPSA) is 78.8 Å². The summed E-state index contributed by atoms with van der Waals surface area (Å²) in [5.41, 5.74) is 0.285. The molecule has 0 saturated carbocycles. The summed E-state index contributed by atoms with van der Waals surface area (Å²) in [6, 6.07) is 10.4. The first-order valence-corrected chi connectivity index (χ1v) is 7.99. The molecule has 0 saturated heterocycles. The van der Waals surface area contributed by atoms with Crippen LogP contribution in [-0.2, 0) is 11.4 Å². The number of ether oxygens (including phenoxy) is 1. The van der Waals surface area contributed by atoms with Crippen molar-refractivity contribution in [2.75, 3.05) is 12.4 Å². The number of hydrogen-bond acceptors (Lipinski definition) is 5. The monoisotopic (exact) mass is 325 g/mol. The van der Waals surface area contributed by atoms with Crippen LogP contribution in [-0.4, -0.2) is 23.0 Å². The molecule has 2 aromatic carbocycles. The Morgan fingerprint density at radius 3 is 2.54 bits per heavy atom. The molecule has 0 aromatic heterocycles. The number of nitrogens with one attached hydrogen (secondary N) is 1. The zero-order chi connectivity index (χ0) is 17.3. The first kappa shape index (κ1) is 15.2. The Labute approximate surface area is 139 Å². The second kappa shape index (κ2) is 4.59. The second-order valence-corrected chi connectivity index (χ2v) is 6.67. The SMILES string of the molecule is CNc1cccc2c1C(=O)C1(O)c3ccc(C(C)C)cc3OC21O. The third kappa shape index (κ3) is 1.53. The average Bonchev–Trinajstić information content (AvgIpc) is 2.90. The van der Waals surface area contributed by atoms with E-state index in [1.807, 2.05) is 19.9 Å². The van der Waals surface area contributed by atoms with Crippen LogP contribution < -0.4 is 10.1 Å². The summed E-state index contributed by atoms with van der Waals surface area (Å²) in [5, 5.41) is 25.3. The highest BCUT2D eigenvalue weighted by Gasteiger charge is 2.70. The number of Topliss-reactive ketones (excluding diaryl/α,β-unsaturated/α-hetero) is 1. The molecule has 1 aliphatic heterocycles. The van der Waals surface area contributed by atoms with Crippen molar-refractivity contribution in [3.8, 4) is 5.75 Å². The van der Waals surface area contributed by atoms with Gasteiger partial charge in [-0.3, -0.25) is 4.79 Å². The summed E-state index contributed by atoms with van der Waals surface area (Å²) in [6.07, 6.45) is 0. The van der Waals surface area contributed by atoms with Gasteiger partial charge in [0.1, 0.15) is 5.75 Å². The second-order valence-electron chi connectivity index (χ2n) is 6.67. The number of fused-ring (bicyclic) bond motifs is 5. The molecular weight excluding hydrogens is 306 g/mol. The normalized spacial score (nSPS) is 26.8. The minimum atomic E-state index is -2.13. The molecule has 5 nitrogen and oxygen atoms in total. The van der Waals surface area contributed by atoms with Gasteiger partial charge in [-0.05, 0) is 23.6 Å². The van der Waals surface area contributed by atoms with Crippen molar-refractivity contribution in [1.82, 2.24) is 0 Å². The molecule has 5 heteroatoms. The van der Waals surface area contributed by atoms with E-state index in [4.69, 9.17) is 4.74 Å². The Kier molecular flexibility index (Phi) is 2.90. The van der Waals surface area contributed by atoms with Gasteiger partial charge in [0.05, 0.1) is 5.56 Å². The lowest BCUT2D eigenvalue weighted by atomic mass is 9.86. The van der Waals surface area contributed by atoms with Gasteiger partial charge in [-0.25, -0.2) is 0 Å². The van der Waals surface area contributed by atoms with E-state index in [9.17, 15) is 15.0 Å². The molecule has 0 fully saturated rings. The standard InChI is InChI=1S/C19H19NO4/c1-10(2)11-7-8-12-15(9-11)24-19(23)13-5-4-6-14(20-3)16(13)17(21)18(12,19)22/h4-10,20,22-23H,1-3H3. The van der Waals surface area contributed by atoms with Gasteiger partial charge in [-0.2, -0.15) is 0 Å². The van der Waals surface area contributed by atoms with Crippen molar-refractivity contribution in [3.63, 3.8) is 0 Å². The first-order chi connectivity index (χ1) is 11.3. The van der Waals surface area contributed by atoms with E-state index in [1.165, 1.54) is 0 Å². The van der Waals surface area contributed by atoms with Crippen molar-refractivity contribution in [2.45, 2.75) is 31.2 Å². The lowest BCUT2D eigenvalue weighted by Crippen LogP contribution is -2.48. The molecule has 0 radical (unpaired) electrons. The van der Waals surface area contributed by atoms with E-state index in [-0.39, 0.29) is 17.0 Å². The predicted octanol–water partition coefficient (Wildman–Crippen LogP) is 2.47. The van der Waals surface area contributed by atoms with Crippen molar-refractivity contribution < 1.29 is 19.7 Å². The number of carbonyl (C=O) groups is 1. The number of anilines is 1. The molecule has 3 N–H and O–H groups in total. The van der Waals surface area contributed by atoms with Crippen molar-refractivity contribution >= 4 is 11.5 Å². The quantitative estimate of drug-likeness (QED) is 0.790. The maximum Gasteiger partial charge on any atom is 0.276 e. The van der Waals surface area contributed by atoms with Crippen LogP contribution in [0.3, 0.4) is 0 Å². The Bertz CT molecular complexity index is 876. The van der Waals surface area contributed by atoms with E-state index in [0.29, 0.717) is 17.0 Å². The van der Waals surface area contributed by atoms with E-state index >= 15 is 0 Å². The fourth-order valence-corrected chi connectivity index (χ4v) is 3.69. The molecule has 24 heavy (non-hydrogen) atoms. The van der Waals surface area contributed by atoms with Crippen LogP contribution in [0.2, 0.25) is 0 Å². The van der Waals surface area contributed by atoms with Gasteiger partial charge in [0.15, 0.2) is 0 Å². The Morgan fingerprint density at radius 1 is 1.12 bits per heavy atom. The molecule has 2 aromatic rings. The number of benzene rings is 2. The van der Waals surface area contributed by atoms with Crippen LogP contribution in [0.25, 0.3) is 0 Å². The van der Waals surface area contributed by atoms with Gasteiger partial charge in [0.25, 0.3) is 5.79 Å². The van der Waals surface area contributed by atoms with Gasteiger partial charge >= 0.3 is 0 Å². The molecule has 0 amide bonds. The summed E-state index contributed by atoms with van der Waals surface area (Å²) in [7, 11) is 1.69. The molecule has 1 aliphatic carbocycles. The summed E-state index contributed by atoms with van der Waals surface area (Å²) in [4.78, 5) is 13.0. The molecule has 4 rings (SSSR count). The Hall–Kier alpha value is -2.37. The zero-order valence-electron chi connectivity index (χ0n) is 13.8. The smallest absolute Gasteiger partial charge is 0.276 e. The average molecular weight is 325 g/mol. The highest BCUT2D eigenvalue weighted by Crippen LogP contribution is 2.59. The van der Waals surface area contributed by atoms with Crippen LogP contribution in [0.15, 0.2) is 36.4 Å². The number of rotatable bonds is 2. The van der Waals surface area contributed by atoms with E-state index in [1.54, 1.807) is 37.4 Å². The molecule has 2 unspecified atom stereocenters. The maximum absolute atomic E-state index is 13.0. The van der Waals surface area contributed by atoms with Crippen LogP contribution in [0, 0.1) is 0 Å². The molecule has 1 heterocycles. The van der Waals surface area contributed by atoms with Crippen LogP contribution in [0.5, 0.6) is 5.75 Å². The molecule has 0 bridgehead atoms. The van der Waals surface area contributed by atoms with Crippen LogP contribution in [0.4, 0.5) is 5.69 Å². The van der Waals surface area contributed by atoms with Crippen LogP contribution in [0.1, 0.15) is 46.8 Å². The highest BCUT2D eigenvalue weighted by atomic mass is 16.7. The third-order valence-electron chi connectivity index (χ3n) is 5.06. The lowest BCUT2D eigenvalue weighted by molar-refractivity contribution is -0.224. The van der Waals surface area contributed by atoms with Crippen molar-refractivity contribution in [2.24, 2.45) is 0 Å². The van der Waals surface area contributed by atoms with Crippen molar-refractivity contribution in [3.05, 3.63) is 58.7 Å². The minimum absolute atomic E-state index is 0.266. The minimum Gasteiger partial charge on any atom is -0.454 e. The first-order valence-electron chi connectivity index (χ1n) is 7.99. The summed E-state index contributed by atoms with van der Waals surface area (Å²) in [6.45, 7) is 4.08. The number of carbonyl (C=O) groups excluding carboxylic acids is 1. The third-order valence-corrected chi connectivity index (χ3v) is 5.06. The molecule has 0 spiro atoms. The fraction of sp³-hybridized carbons (Fsp3) is 0.316. The van der Waals surface area contributed by atoms with E-state index in [0.717, 1.165) is 5.56 Å². The summed E-state index contributed by atoms with van der Waals surface area (Å²) < 4.78 is 5.77. The highest BCUT2D eigenvalue weighted by molar-refractivity contribution is 6.13. The van der Waals surface area contributed by atoms with Gasteiger partial charge in [0.2, 0.25) is 11.4 Å². The number of aliphatic hydroxyl groups is 2. The zero-order valence-corrected chi connectivity index (χ0v) is 13.8. The Morgan fingerprint density at radius 2 is 1.88 bits per heavy atom.